The number of hydrogen-bond donors (Lipinski definition) is 2. The average Bonchev–Trinajstić information content (AvgIpc) is 0.811. The molecule has 0 atom stereocenters. The third-order valence-electron chi connectivity index (χ3n) is 0. The van der Waals surface area contributed by atoms with Crippen LogP contribution in [0.4, 0.5) is 0 Å². The summed E-state index contributed by atoms with van der Waals surface area (Å²) in [6.07, 6.45) is 0. The van der Waals surface area contributed by atoms with Gasteiger partial charge in [-0.3, -0.25) is 0 Å². The number of nitrogens with two attached hydrogens (primary N) is 2. The third kappa shape index (κ3) is 1640. The highest BCUT2D eigenvalue weighted by atomic mass is 32.1. The van der Waals surface area contributed by atoms with Crippen molar-refractivity contribution >= 4 is 28.3 Å². The summed E-state index contributed by atoms with van der Waals surface area (Å²) < 4.78 is 0. The Morgan fingerprint density at radius 3 is 1.40 bits per heavy atom. The lowest BCUT2D eigenvalue weighted by atomic mass is 11.3. The van der Waals surface area contributed by atoms with Gasteiger partial charge in [-0.05, 0) is 12.2 Å². The van der Waals surface area contributed by atoms with Crippen LogP contribution in [0.3, 0.4) is 0 Å². The molecule has 0 fully saturated rings. The number of rotatable bonds is 0. The van der Waals surface area contributed by atoms with Crippen LogP contribution in [0.15, 0.2) is 0 Å². The predicted octanol–water partition coefficient (Wildman–Crippen LogP) is -1.19. The van der Waals surface area contributed by atoms with Crippen molar-refractivity contribution in [3.05, 3.63) is 0 Å². The second kappa shape index (κ2) is 3.91. The maximum atomic E-state index is 4.62. The first-order valence-electron chi connectivity index (χ1n) is 0.781. The van der Waals surface area contributed by atoms with Crippen molar-refractivity contribution in [3.8, 4) is 0 Å². The molecular formula is CH4N2SSi. The molecule has 0 heterocycles. The lowest BCUT2D eigenvalue weighted by Crippen LogP contribution is -2.18. The Labute approximate surface area is 40.6 Å². The molecule has 28 valence electrons. The fourth-order valence-corrected chi connectivity index (χ4v) is 0. The van der Waals surface area contributed by atoms with Gasteiger partial charge in [-0.1, -0.05) is 0 Å². The van der Waals surface area contributed by atoms with E-state index in [1.807, 2.05) is 0 Å². The van der Waals surface area contributed by atoms with Crippen LogP contribution in [0.2, 0.25) is 0 Å². The molecular weight excluding hydrogens is 100 g/mol. The molecule has 0 aliphatic carbocycles. The predicted molar refractivity (Wildman–Crippen MR) is 26.7 cm³/mol. The van der Waals surface area contributed by atoms with Crippen molar-refractivity contribution in [1.82, 2.24) is 0 Å². The maximum Gasteiger partial charge on any atom is 0.160 e. The molecule has 4 heteroatoms. The molecule has 0 aromatic carbocycles. The Morgan fingerprint density at radius 2 is 1.40 bits per heavy atom. The second-order valence-electron chi connectivity index (χ2n) is 0.402. The molecule has 0 saturated heterocycles. The van der Waals surface area contributed by atoms with Crippen LogP contribution in [-0.2, 0) is 0 Å². The van der Waals surface area contributed by atoms with Gasteiger partial charge in [0.1, 0.15) is 0 Å². The Morgan fingerprint density at radius 1 is 1.40 bits per heavy atom. The second-order valence-corrected chi connectivity index (χ2v) is 0.874. The molecule has 0 amide bonds. The van der Waals surface area contributed by atoms with Gasteiger partial charge < -0.3 is 11.5 Å². The van der Waals surface area contributed by atoms with E-state index in [4.69, 9.17) is 0 Å². The Kier molecular flexibility index (Phi) is 6.93. The summed E-state index contributed by atoms with van der Waals surface area (Å²) in [5, 5.41) is 0.000000000000000222. The van der Waals surface area contributed by atoms with E-state index >= 15 is 0 Å². The summed E-state index contributed by atoms with van der Waals surface area (Å²) in [6.45, 7) is 0. The molecule has 4 N–H and O–H groups in total. The monoisotopic (exact) mass is 104 g/mol. The normalized spacial score (nSPS) is 4.80. The third-order valence-corrected chi connectivity index (χ3v) is 0. The van der Waals surface area contributed by atoms with Crippen molar-refractivity contribution in [2.45, 2.75) is 0 Å². The van der Waals surface area contributed by atoms with E-state index in [2.05, 4.69) is 23.7 Å². The summed E-state index contributed by atoms with van der Waals surface area (Å²) in [5.41, 5.74) is 9.24. The molecule has 0 aromatic heterocycles. The smallest absolute Gasteiger partial charge is 0.160 e. The highest BCUT2D eigenvalue weighted by Crippen LogP contribution is 1.32. The van der Waals surface area contributed by atoms with Crippen molar-refractivity contribution in [2.75, 3.05) is 0 Å². The summed E-state index contributed by atoms with van der Waals surface area (Å²) >= 11 is 4.09. The molecule has 0 rings (SSSR count). The molecule has 4 radical (unpaired) electrons. The lowest BCUT2D eigenvalue weighted by Gasteiger charge is -1.68. The van der Waals surface area contributed by atoms with Crippen molar-refractivity contribution in [1.29, 1.82) is 0 Å². The summed E-state index contributed by atoms with van der Waals surface area (Å²) in [5.74, 6) is 0. The Bertz CT molecular complexity index is 32.6. The molecule has 0 aliphatic heterocycles. The van der Waals surface area contributed by atoms with Gasteiger partial charge in [-0.15, -0.1) is 0 Å². The quantitative estimate of drug-likeness (QED) is 0.300. The maximum absolute atomic E-state index is 4.62. The van der Waals surface area contributed by atoms with Crippen LogP contribution < -0.4 is 11.5 Å². The van der Waals surface area contributed by atoms with Crippen molar-refractivity contribution in [3.63, 3.8) is 0 Å². The standard InChI is InChI=1S/CH4N2S.Si/c2-1(3)4;/h(H4,2,3,4);. The van der Waals surface area contributed by atoms with Gasteiger partial charge in [0.2, 0.25) is 0 Å². The van der Waals surface area contributed by atoms with Gasteiger partial charge in [0.05, 0.1) is 0 Å². The fraction of sp³-hybridized carbons (Fsp3) is 0. The molecule has 0 aliphatic rings. The Balaban J connectivity index is 0. The molecule has 0 unspecified atom stereocenters. The van der Waals surface area contributed by atoms with E-state index in [-0.39, 0.29) is 16.1 Å². The molecule has 0 spiro atoms. The number of thiocarbonyl (C=S) groups is 1. The van der Waals surface area contributed by atoms with Gasteiger partial charge in [0.15, 0.2) is 5.11 Å². The van der Waals surface area contributed by atoms with Gasteiger partial charge in [0.25, 0.3) is 0 Å². The number of hydrogen-bond acceptors (Lipinski definition) is 1. The first-order chi connectivity index (χ1) is 1.73. The van der Waals surface area contributed by atoms with E-state index in [0.717, 1.165) is 0 Å². The minimum absolute atomic E-state index is 0. The van der Waals surface area contributed by atoms with Crippen LogP contribution in [0, 0.1) is 0 Å². The van der Waals surface area contributed by atoms with Crippen molar-refractivity contribution < 1.29 is 0 Å². The first-order valence-corrected chi connectivity index (χ1v) is 1.19. The molecule has 0 aromatic rings. The highest BCUT2D eigenvalue weighted by molar-refractivity contribution is 7.80. The van der Waals surface area contributed by atoms with E-state index in [0.29, 0.717) is 0 Å². The zero-order chi connectivity index (χ0) is 3.58. The van der Waals surface area contributed by atoms with Gasteiger partial charge in [0, 0.05) is 11.0 Å². The first kappa shape index (κ1) is 8.86. The molecule has 5 heavy (non-hydrogen) atoms. The average molecular weight is 104 g/mol. The Hall–Kier alpha value is -0.0931. The van der Waals surface area contributed by atoms with Gasteiger partial charge in [-0.2, -0.15) is 0 Å². The summed E-state index contributed by atoms with van der Waals surface area (Å²) in [7, 11) is 0. The topological polar surface area (TPSA) is 52.0 Å². The van der Waals surface area contributed by atoms with Crippen LogP contribution in [-0.4, -0.2) is 16.1 Å². The lowest BCUT2D eigenvalue weighted by molar-refractivity contribution is 1.65. The van der Waals surface area contributed by atoms with Crippen LogP contribution in [0.1, 0.15) is 0 Å². The molecule has 0 bridgehead atoms. The fourth-order valence-electron chi connectivity index (χ4n) is 0. The summed E-state index contributed by atoms with van der Waals surface area (Å²) in [6, 6.07) is 0. The summed E-state index contributed by atoms with van der Waals surface area (Å²) in [4.78, 5) is 0. The largest absolute Gasteiger partial charge is 0.377 e. The minimum atomic E-state index is 0. The van der Waals surface area contributed by atoms with Gasteiger partial charge in [-0.25, -0.2) is 0 Å². The van der Waals surface area contributed by atoms with Crippen LogP contribution in [0.5, 0.6) is 0 Å². The van der Waals surface area contributed by atoms with E-state index in [9.17, 15) is 0 Å². The molecule has 2 nitrogen and oxygen atoms in total. The SMILES string of the molecule is NC(N)=S.[Si]. The zero-order valence-corrected chi connectivity index (χ0v) is 4.38. The molecule has 0 saturated carbocycles. The van der Waals surface area contributed by atoms with Gasteiger partial charge >= 0.3 is 0 Å². The van der Waals surface area contributed by atoms with Crippen molar-refractivity contribution in [2.24, 2.45) is 11.5 Å². The van der Waals surface area contributed by atoms with E-state index in [1.165, 1.54) is 0 Å². The van der Waals surface area contributed by atoms with E-state index in [1.54, 1.807) is 0 Å². The van der Waals surface area contributed by atoms with Crippen LogP contribution >= 0.6 is 12.2 Å². The van der Waals surface area contributed by atoms with E-state index < -0.39 is 0 Å². The van der Waals surface area contributed by atoms with Crippen LogP contribution in [0.25, 0.3) is 0 Å². The highest BCUT2D eigenvalue weighted by Gasteiger charge is 1.53. The minimum Gasteiger partial charge on any atom is -0.377 e. The zero-order valence-electron chi connectivity index (χ0n) is 2.56.